The molecule has 2 rings (SSSR count). The van der Waals surface area contributed by atoms with Gasteiger partial charge >= 0.3 is 11.9 Å². The van der Waals surface area contributed by atoms with E-state index in [1.807, 2.05) is 13.8 Å². The smallest absolute Gasteiger partial charge is 0.342 e. The molecule has 0 bridgehead atoms. The van der Waals surface area contributed by atoms with Gasteiger partial charge in [0.05, 0.1) is 0 Å². The van der Waals surface area contributed by atoms with E-state index in [0.717, 1.165) is 13.1 Å². The van der Waals surface area contributed by atoms with Crippen LogP contribution in [-0.4, -0.2) is 45.1 Å². The van der Waals surface area contributed by atoms with Crippen molar-refractivity contribution in [1.29, 1.82) is 0 Å². The number of carboxylic acids is 2. The SMILES string of the molecule is CCN(CC)Cc1ccccc1-c1c(C(=O)O)c(N)[nH]c(=O)c1C(=O)O. The topological polar surface area (TPSA) is 137 Å². The van der Waals surface area contributed by atoms with Crippen molar-refractivity contribution in [1.82, 2.24) is 9.88 Å². The first-order chi connectivity index (χ1) is 12.3. The van der Waals surface area contributed by atoms with Gasteiger partial charge in [-0.15, -0.1) is 0 Å². The highest BCUT2D eigenvalue weighted by molar-refractivity contribution is 6.07. The molecule has 0 aliphatic rings. The Labute approximate surface area is 149 Å². The van der Waals surface area contributed by atoms with Crippen LogP contribution < -0.4 is 11.3 Å². The summed E-state index contributed by atoms with van der Waals surface area (Å²) < 4.78 is 0. The fourth-order valence-corrected chi connectivity index (χ4v) is 2.91. The molecule has 8 heteroatoms. The van der Waals surface area contributed by atoms with E-state index in [2.05, 4.69) is 9.88 Å². The lowest BCUT2D eigenvalue weighted by molar-refractivity contribution is 0.0695. The van der Waals surface area contributed by atoms with Crippen LogP contribution in [0.5, 0.6) is 0 Å². The van der Waals surface area contributed by atoms with Gasteiger partial charge in [-0.25, -0.2) is 9.59 Å². The summed E-state index contributed by atoms with van der Waals surface area (Å²) in [5, 5.41) is 19.1. The van der Waals surface area contributed by atoms with Crippen LogP contribution in [0, 0.1) is 0 Å². The summed E-state index contributed by atoms with van der Waals surface area (Å²) >= 11 is 0. The van der Waals surface area contributed by atoms with Gasteiger partial charge in [-0.2, -0.15) is 0 Å². The van der Waals surface area contributed by atoms with Crippen molar-refractivity contribution in [2.75, 3.05) is 18.8 Å². The zero-order chi connectivity index (χ0) is 19.4. The molecule has 138 valence electrons. The van der Waals surface area contributed by atoms with E-state index in [-0.39, 0.29) is 11.4 Å². The van der Waals surface area contributed by atoms with Crippen molar-refractivity contribution in [2.24, 2.45) is 0 Å². The van der Waals surface area contributed by atoms with Crippen molar-refractivity contribution >= 4 is 17.8 Å². The van der Waals surface area contributed by atoms with Gasteiger partial charge in [0.1, 0.15) is 16.9 Å². The Kier molecular flexibility index (Phi) is 5.78. The van der Waals surface area contributed by atoms with E-state index in [4.69, 9.17) is 5.73 Å². The van der Waals surface area contributed by atoms with Gasteiger partial charge < -0.3 is 20.9 Å². The van der Waals surface area contributed by atoms with Crippen molar-refractivity contribution < 1.29 is 19.8 Å². The molecule has 0 atom stereocenters. The lowest BCUT2D eigenvalue weighted by atomic mass is 9.91. The zero-order valence-corrected chi connectivity index (χ0v) is 14.6. The summed E-state index contributed by atoms with van der Waals surface area (Å²) in [6.45, 7) is 5.99. The highest BCUT2D eigenvalue weighted by Gasteiger charge is 2.27. The Balaban J connectivity index is 2.86. The lowest BCUT2D eigenvalue weighted by Gasteiger charge is -2.21. The number of aromatic nitrogens is 1. The standard InChI is InChI=1S/C18H21N3O5/c1-3-21(4-2)9-10-7-5-6-8-11(10)12-13(17(23)24)15(19)20-16(22)14(12)18(25)26/h5-8H,3-4,9H2,1-2H3,(H,23,24)(H,25,26)(H3,19,20,22). The number of hydrogen-bond acceptors (Lipinski definition) is 5. The number of carboxylic acid groups (broad SMARTS) is 2. The van der Waals surface area contributed by atoms with Gasteiger partial charge in [0.2, 0.25) is 0 Å². The molecule has 5 N–H and O–H groups in total. The van der Waals surface area contributed by atoms with Crippen molar-refractivity contribution in [2.45, 2.75) is 20.4 Å². The summed E-state index contributed by atoms with van der Waals surface area (Å²) in [4.78, 5) is 39.8. The highest BCUT2D eigenvalue weighted by Crippen LogP contribution is 2.32. The highest BCUT2D eigenvalue weighted by atomic mass is 16.4. The minimum Gasteiger partial charge on any atom is -0.478 e. The second-order valence-corrected chi connectivity index (χ2v) is 5.72. The van der Waals surface area contributed by atoms with Crippen LogP contribution in [-0.2, 0) is 6.54 Å². The number of nitrogens with two attached hydrogens (primary N) is 1. The number of carbonyl (C=O) groups is 2. The first-order valence-corrected chi connectivity index (χ1v) is 8.14. The van der Waals surface area contributed by atoms with Crippen molar-refractivity contribution in [3.63, 3.8) is 0 Å². The van der Waals surface area contributed by atoms with Crippen LogP contribution in [0.1, 0.15) is 40.1 Å². The third kappa shape index (κ3) is 3.60. The van der Waals surface area contributed by atoms with Gasteiger partial charge in [-0.3, -0.25) is 9.69 Å². The number of aromatic carboxylic acids is 2. The number of nitrogens with one attached hydrogen (secondary N) is 1. The normalized spacial score (nSPS) is 10.9. The summed E-state index contributed by atoms with van der Waals surface area (Å²) in [6, 6.07) is 6.82. The maximum absolute atomic E-state index is 12.2. The minimum atomic E-state index is -1.51. The monoisotopic (exact) mass is 359 g/mol. The summed E-state index contributed by atoms with van der Waals surface area (Å²) in [6.07, 6.45) is 0. The number of rotatable bonds is 7. The quantitative estimate of drug-likeness (QED) is 0.592. The number of nitrogens with zero attached hydrogens (tertiary/aromatic N) is 1. The molecule has 0 fully saturated rings. The predicted octanol–water partition coefficient (Wildman–Crippen LogP) is 1.86. The summed E-state index contributed by atoms with van der Waals surface area (Å²) in [5.74, 6) is -3.30. The van der Waals surface area contributed by atoms with Gasteiger partial charge in [-0.05, 0) is 24.2 Å². The van der Waals surface area contributed by atoms with Gasteiger partial charge in [0, 0.05) is 12.1 Å². The van der Waals surface area contributed by atoms with Crippen LogP contribution in [0.3, 0.4) is 0 Å². The molecule has 8 nitrogen and oxygen atoms in total. The molecular weight excluding hydrogens is 338 g/mol. The van der Waals surface area contributed by atoms with E-state index >= 15 is 0 Å². The number of H-pyrrole nitrogens is 1. The molecule has 1 aromatic heterocycles. The summed E-state index contributed by atoms with van der Waals surface area (Å²) in [7, 11) is 0. The fourth-order valence-electron chi connectivity index (χ4n) is 2.91. The Bertz CT molecular complexity index is 900. The molecule has 0 saturated heterocycles. The number of aromatic amines is 1. The molecule has 0 amide bonds. The van der Waals surface area contributed by atoms with Crippen LogP contribution in [0.2, 0.25) is 0 Å². The van der Waals surface area contributed by atoms with Gasteiger partial charge in [0.15, 0.2) is 0 Å². The van der Waals surface area contributed by atoms with Crippen LogP contribution >= 0.6 is 0 Å². The molecule has 0 aliphatic heterocycles. The number of anilines is 1. The first-order valence-electron chi connectivity index (χ1n) is 8.14. The van der Waals surface area contributed by atoms with Crippen molar-refractivity contribution in [3.05, 3.63) is 51.3 Å². The van der Waals surface area contributed by atoms with Gasteiger partial charge in [0.25, 0.3) is 5.56 Å². The Morgan fingerprint density at radius 3 is 2.19 bits per heavy atom. The molecule has 0 spiro atoms. The van der Waals surface area contributed by atoms with E-state index in [1.54, 1.807) is 24.3 Å². The van der Waals surface area contributed by atoms with E-state index in [9.17, 15) is 24.6 Å². The maximum Gasteiger partial charge on any atom is 0.342 e. The molecule has 0 aliphatic carbocycles. The number of hydrogen-bond donors (Lipinski definition) is 4. The predicted molar refractivity (Wildman–Crippen MR) is 97.5 cm³/mol. The molecule has 0 unspecified atom stereocenters. The van der Waals surface area contributed by atoms with E-state index in [0.29, 0.717) is 17.7 Å². The second kappa shape index (κ2) is 7.83. The first kappa shape index (κ1) is 19.2. The van der Waals surface area contributed by atoms with Crippen LogP contribution in [0.15, 0.2) is 29.1 Å². The molecule has 0 saturated carbocycles. The molecular formula is C18H21N3O5. The molecule has 0 radical (unpaired) electrons. The third-order valence-corrected chi connectivity index (χ3v) is 4.25. The Morgan fingerprint density at radius 1 is 1.08 bits per heavy atom. The number of benzene rings is 1. The van der Waals surface area contributed by atoms with Crippen LogP contribution in [0.4, 0.5) is 5.82 Å². The largest absolute Gasteiger partial charge is 0.478 e. The average molecular weight is 359 g/mol. The molecule has 26 heavy (non-hydrogen) atoms. The summed E-state index contributed by atoms with van der Waals surface area (Å²) in [5.41, 5.74) is 4.61. The molecule has 1 aromatic carbocycles. The molecule has 1 heterocycles. The van der Waals surface area contributed by atoms with E-state index < -0.39 is 28.6 Å². The van der Waals surface area contributed by atoms with Crippen LogP contribution in [0.25, 0.3) is 11.1 Å². The Morgan fingerprint density at radius 2 is 1.65 bits per heavy atom. The third-order valence-electron chi connectivity index (χ3n) is 4.25. The van der Waals surface area contributed by atoms with E-state index in [1.165, 1.54) is 0 Å². The lowest BCUT2D eigenvalue weighted by Crippen LogP contribution is -2.25. The zero-order valence-electron chi connectivity index (χ0n) is 14.6. The minimum absolute atomic E-state index is 0.172. The average Bonchev–Trinajstić information content (AvgIpc) is 2.58. The Hall–Kier alpha value is -3.13. The second-order valence-electron chi connectivity index (χ2n) is 5.72. The van der Waals surface area contributed by atoms with Crippen molar-refractivity contribution in [3.8, 4) is 11.1 Å². The maximum atomic E-state index is 12.2. The fraction of sp³-hybridized carbons (Fsp3) is 0.278. The molecule has 2 aromatic rings. The van der Waals surface area contributed by atoms with Gasteiger partial charge in [-0.1, -0.05) is 38.1 Å². The number of nitrogen functional groups attached to an aromatic ring is 1. The number of pyridine rings is 1.